The summed E-state index contributed by atoms with van der Waals surface area (Å²) in [6, 6.07) is 0. The summed E-state index contributed by atoms with van der Waals surface area (Å²) in [7, 11) is 1.09. The first-order valence-corrected chi connectivity index (χ1v) is 4.96. The Morgan fingerprint density at radius 3 is 2.76 bits per heavy atom. The average Bonchev–Trinajstić information content (AvgIpc) is 2.30. The molecule has 7 nitrogen and oxygen atoms in total. The summed E-state index contributed by atoms with van der Waals surface area (Å²) < 4.78 is 4.41. The molecule has 1 N–H and O–H groups in total. The van der Waals surface area contributed by atoms with Crippen LogP contribution >= 0.6 is 0 Å². The van der Waals surface area contributed by atoms with Gasteiger partial charge in [0.15, 0.2) is 11.3 Å². The molecule has 0 unspecified atom stereocenters. The van der Waals surface area contributed by atoms with E-state index in [2.05, 4.69) is 9.72 Å². The highest BCUT2D eigenvalue weighted by Gasteiger charge is 2.29. The molecule has 0 aromatic carbocycles. The zero-order valence-corrected chi connectivity index (χ0v) is 9.47. The molecule has 1 aromatic rings. The first-order valence-electron chi connectivity index (χ1n) is 4.96. The molecule has 0 radical (unpaired) electrons. The Hall–Kier alpha value is -2.18. The van der Waals surface area contributed by atoms with Crippen LogP contribution in [0.5, 0.6) is 5.75 Å². The van der Waals surface area contributed by atoms with Crippen molar-refractivity contribution in [2.24, 2.45) is 0 Å². The molecular formula is C10H12N2O5. The zero-order chi connectivity index (χ0) is 13.0. The van der Waals surface area contributed by atoms with E-state index in [9.17, 15) is 20.0 Å². The van der Waals surface area contributed by atoms with E-state index < -0.39 is 27.9 Å². The molecule has 7 heteroatoms. The Kier molecular flexibility index (Phi) is 3.97. The fourth-order valence-corrected chi connectivity index (χ4v) is 1.45. The van der Waals surface area contributed by atoms with Crippen LogP contribution in [-0.4, -0.2) is 28.1 Å². The van der Waals surface area contributed by atoms with E-state index in [0.717, 1.165) is 13.3 Å². The molecule has 0 aliphatic heterocycles. The van der Waals surface area contributed by atoms with Crippen molar-refractivity contribution in [3.63, 3.8) is 0 Å². The number of pyridine rings is 1. The number of ether oxygens (including phenoxy) is 1. The molecule has 0 saturated heterocycles. The number of carbonyl (C=O) groups is 1. The third-order valence-corrected chi connectivity index (χ3v) is 2.17. The summed E-state index contributed by atoms with van der Waals surface area (Å²) in [6.07, 6.45) is 2.00. The molecule has 0 bridgehead atoms. The van der Waals surface area contributed by atoms with Crippen LogP contribution in [0.2, 0.25) is 0 Å². The van der Waals surface area contributed by atoms with Gasteiger partial charge in [-0.25, -0.2) is 4.79 Å². The highest BCUT2D eigenvalue weighted by molar-refractivity contribution is 5.97. The summed E-state index contributed by atoms with van der Waals surface area (Å²) in [5, 5.41) is 20.4. The Balaban J connectivity index is 3.48. The van der Waals surface area contributed by atoms with E-state index in [1.54, 1.807) is 0 Å². The number of hydrogen-bond acceptors (Lipinski definition) is 6. The van der Waals surface area contributed by atoms with Gasteiger partial charge < -0.3 is 9.84 Å². The second kappa shape index (κ2) is 5.24. The number of nitrogens with zero attached hydrogens (tertiary/aromatic N) is 2. The molecule has 92 valence electrons. The third-order valence-electron chi connectivity index (χ3n) is 2.17. The van der Waals surface area contributed by atoms with Crippen molar-refractivity contribution >= 4 is 11.7 Å². The van der Waals surface area contributed by atoms with E-state index in [0.29, 0.717) is 12.8 Å². The van der Waals surface area contributed by atoms with Crippen LogP contribution in [-0.2, 0) is 11.2 Å². The van der Waals surface area contributed by atoms with E-state index >= 15 is 0 Å². The number of methoxy groups -OCH3 is 1. The second-order valence-electron chi connectivity index (χ2n) is 3.31. The van der Waals surface area contributed by atoms with Gasteiger partial charge in [0, 0.05) is 0 Å². The van der Waals surface area contributed by atoms with Crippen LogP contribution < -0.4 is 0 Å². The summed E-state index contributed by atoms with van der Waals surface area (Å²) in [6.45, 7) is 1.83. The van der Waals surface area contributed by atoms with Gasteiger partial charge in [-0.15, -0.1) is 0 Å². The van der Waals surface area contributed by atoms with Gasteiger partial charge in [-0.1, -0.05) is 13.3 Å². The SMILES string of the molecule is CCCc1ncc(O)c(C(=O)OC)c1[N+](=O)[O-]. The number of aromatic hydroxyl groups is 1. The Labute approximate surface area is 97.2 Å². The minimum atomic E-state index is -0.950. The molecule has 0 saturated carbocycles. The molecule has 1 heterocycles. The summed E-state index contributed by atoms with van der Waals surface area (Å²) >= 11 is 0. The fraction of sp³-hybridized carbons (Fsp3) is 0.400. The molecule has 1 rings (SSSR count). The van der Waals surface area contributed by atoms with Crippen LogP contribution in [0.25, 0.3) is 0 Å². The maximum Gasteiger partial charge on any atom is 0.348 e. The van der Waals surface area contributed by atoms with E-state index in [-0.39, 0.29) is 5.69 Å². The zero-order valence-electron chi connectivity index (χ0n) is 9.47. The standard InChI is InChI=1S/C10H12N2O5/c1-3-4-6-9(12(15)16)8(10(14)17-2)7(13)5-11-6/h5,13H,3-4H2,1-2H3. The van der Waals surface area contributed by atoms with Crippen molar-refractivity contribution < 1.29 is 19.6 Å². The third kappa shape index (κ3) is 2.49. The van der Waals surface area contributed by atoms with Crippen LogP contribution in [0.15, 0.2) is 6.20 Å². The quantitative estimate of drug-likeness (QED) is 0.485. The van der Waals surface area contributed by atoms with Crippen LogP contribution in [0.1, 0.15) is 29.4 Å². The van der Waals surface area contributed by atoms with Crippen molar-refractivity contribution in [1.82, 2.24) is 4.98 Å². The number of aryl methyl sites for hydroxylation is 1. The summed E-state index contributed by atoms with van der Waals surface area (Å²) in [4.78, 5) is 25.4. The first-order chi connectivity index (χ1) is 8.02. The first kappa shape index (κ1) is 12.9. The Morgan fingerprint density at radius 2 is 2.29 bits per heavy atom. The van der Waals surface area contributed by atoms with Gasteiger partial charge in [-0.05, 0) is 6.42 Å². The largest absolute Gasteiger partial charge is 0.505 e. The monoisotopic (exact) mass is 240 g/mol. The number of carbonyl (C=O) groups excluding carboxylic acids is 1. The lowest BCUT2D eigenvalue weighted by atomic mass is 10.1. The van der Waals surface area contributed by atoms with Crippen molar-refractivity contribution in [3.05, 3.63) is 27.6 Å². The van der Waals surface area contributed by atoms with Gasteiger partial charge in [-0.3, -0.25) is 15.1 Å². The van der Waals surface area contributed by atoms with Crippen LogP contribution in [0, 0.1) is 10.1 Å². The molecule has 0 atom stereocenters. The van der Waals surface area contributed by atoms with Crippen molar-refractivity contribution in [2.45, 2.75) is 19.8 Å². The molecule has 0 amide bonds. The minimum Gasteiger partial charge on any atom is -0.505 e. The lowest BCUT2D eigenvalue weighted by Gasteiger charge is -2.06. The maximum atomic E-state index is 11.4. The highest BCUT2D eigenvalue weighted by atomic mass is 16.6. The normalized spacial score (nSPS) is 10.0. The van der Waals surface area contributed by atoms with E-state index in [1.165, 1.54) is 0 Å². The predicted molar refractivity (Wildman–Crippen MR) is 57.9 cm³/mol. The number of nitro groups is 1. The molecule has 1 aromatic heterocycles. The molecule has 0 aliphatic rings. The number of aromatic nitrogens is 1. The second-order valence-corrected chi connectivity index (χ2v) is 3.31. The number of hydrogen-bond donors (Lipinski definition) is 1. The van der Waals surface area contributed by atoms with Crippen LogP contribution in [0.3, 0.4) is 0 Å². The van der Waals surface area contributed by atoms with Gasteiger partial charge in [0.05, 0.1) is 18.2 Å². The average molecular weight is 240 g/mol. The van der Waals surface area contributed by atoms with Crippen molar-refractivity contribution in [1.29, 1.82) is 0 Å². The molecule has 17 heavy (non-hydrogen) atoms. The fourth-order valence-electron chi connectivity index (χ4n) is 1.45. The smallest absolute Gasteiger partial charge is 0.348 e. The summed E-state index contributed by atoms with van der Waals surface area (Å²) in [5.41, 5.74) is -0.773. The number of esters is 1. The number of rotatable bonds is 4. The predicted octanol–water partition coefficient (Wildman–Crippen LogP) is 1.43. The van der Waals surface area contributed by atoms with Gasteiger partial charge in [0.2, 0.25) is 0 Å². The van der Waals surface area contributed by atoms with E-state index in [1.807, 2.05) is 6.92 Å². The molecular weight excluding hydrogens is 228 g/mol. The van der Waals surface area contributed by atoms with Gasteiger partial charge in [0.25, 0.3) is 0 Å². The summed E-state index contributed by atoms with van der Waals surface area (Å²) in [5.74, 6) is -1.50. The van der Waals surface area contributed by atoms with Gasteiger partial charge >= 0.3 is 11.7 Å². The Bertz CT molecular complexity index is 458. The molecule has 0 fully saturated rings. The van der Waals surface area contributed by atoms with Crippen molar-refractivity contribution in [3.8, 4) is 5.75 Å². The Morgan fingerprint density at radius 1 is 1.65 bits per heavy atom. The topological polar surface area (TPSA) is 103 Å². The molecule has 0 aliphatic carbocycles. The van der Waals surface area contributed by atoms with Crippen LogP contribution in [0.4, 0.5) is 5.69 Å². The lowest BCUT2D eigenvalue weighted by molar-refractivity contribution is -0.386. The molecule has 0 spiro atoms. The van der Waals surface area contributed by atoms with Gasteiger partial charge in [0.1, 0.15) is 5.69 Å². The van der Waals surface area contributed by atoms with Gasteiger partial charge in [-0.2, -0.15) is 0 Å². The van der Waals surface area contributed by atoms with E-state index in [4.69, 9.17) is 0 Å². The van der Waals surface area contributed by atoms with Crippen molar-refractivity contribution in [2.75, 3.05) is 7.11 Å². The minimum absolute atomic E-state index is 0.163. The lowest BCUT2D eigenvalue weighted by Crippen LogP contribution is -2.10. The maximum absolute atomic E-state index is 11.4. The highest BCUT2D eigenvalue weighted by Crippen LogP contribution is 2.30.